The number of phenols is 1. The largest absolute Gasteiger partial charge is 0.506 e. The molecular formula is C26H17F4NO4. The molecule has 0 unspecified atom stereocenters. The molecule has 0 radical (unpaired) electrons. The van der Waals surface area contributed by atoms with Crippen molar-refractivity contribution in [3.63, 3.8) is 0 Å². The zero-order chi connectivity index (χ0) is 25.3. The van der Waals surface area contributed by atoms with Gasteiger partial charge in [-0.1, -0.05) is 36.4 Å². The van der Waals surface area contributed by atoms with Crippen molar-refractivity contribution in [1.29, 1.82) is 0 Å². The van der Waals surface area contributed by atoms with E-state index in [4.69, 9.17) is 4.74 Å². The van der Waals surface area contributed by atoms with Gasteiger partial charge in [0, 0.05) is 6.21 Å². The molecule has 0 aromatic heterocycles. The van der Waals surface area contributed by atoms with Crippen molar-refractivity contribution in [2.75, 3.05) is 6.61 Å². The number of nitrogens with zero attached hydrogens (tertiary/aromatic N) is 1. The van der Waals surface area contributed by atoms with Crippen LogP contribution in [0, 0.1) is 23.3 Å². The smallest absolute Gasteiger partial charge is 0.343 e. The van der Waals surface area contributed by atoms with Gasteiger partial charge in [0.1, 0.15) is 22.8 Å². The van der Waals surface area contributed by atoms with Gasteiger partial charge in [0.15, 0.2) is 23.3 Å². The summed E-state index contributed by atoms with van der Waals surface area (Å²) >= 11 is 0. The average molecular weight is 483 g/mol. The highest BCUT2D eigenvalue weighted by Crippen LogP contribution is 2.35. The number of aliphatic hydroxyl groups excluding tert-OH is 1. The van der Waals surface area contributed by atoms with Crippen LogP contribution in [0.25, 0.3) is 27.3 Å². The molecule has 0 fully saturated rings. The Labute approximate surface area is 196 Å². The van der Waals surface area contributed by atoms with Gasteiger partial charge in [-0.2, -0.15) is 0 Å². The number of fused-ring (bicyclic) bond motifs is 3. The number of hydrogen-bond acceptors (Lipinski definition) is 5. The SMILES string of the molecule is CCOC(=O)/C(C=Nc1cc2ccc3ccccc3c2cc1O)=C(\O)c1cc(F)c(F)c(F)c1F. The van der Waals surface area contributed by atoms with Crippen LogP contribution in [0.2, 0.25) is 0 Å². The molecule has 0 aliphatic heterocycles. The van der Waals surface area contributed by atoms with E-state index in [9.17, 15) is 32.6 Å². The summed E-state index contributed by atoms with van der Waals surface area (Å²) in [5.74, 6) is -10.6. The minimum Gasteiger partial charge on any atom is -0.506 e. The van der Waals surface area contributed by atoms with Crippen molar-refractivity contribution in [2.45, 2.75) is 6.92 Å². The summed E-state index contributed by atoms with van der Waals surface area (Å²) in [5, 5.41) is 24.3. The summed E-state index contributed by atoms with van der Waals surface area (Å²) in [5.41, 5.74) is -1.89. The lowest BCUT2D eigenvalue weighted by molar-refractivity contribution is -0.137. The Hall–Kier alpha value is -4.40. The van der Waals surface area contributed by atoms with Crippen LogP contribution in [0.3, 0.4) is 0 Å². The van der Waals surface area contributed by atoms with Crippen molar-refractivity contribution in [3.05, 3.63) is 89.0 Å². The second-order valence-electron chi connectivity index (χ2n) is 7.44. The molecular weight excluding hydrogens is 466 g/mol. The Morgan fingerprint density at radius 1 is 0.943 bits per heavy atom. The number of halogens is 4. The lowest BCUT2D eigenvalue weighted by atomic mass is 10.0. The maximum Gasteiger partial charge on any atom is 0.343 e. The molecule has 0 aliphatic rings. The number of ether oxygens (including phenoxy) is 1. The van der Waals surface area contributed by atoms with E-state index in [1.54, 1.807) is 6.07 Å². The molecule has 0 amide bonds. The van der Waals surface area contributed by atoms with Gasteiger partial charge in [0.05, 0.1) is 12.2 Å². The quantitative estimate of drug-likeness (QED) is 0.0497. The van der Waals surface area contributed by atoms with Crippen LogP contribution >= 0.6 is 0 Å². The van der Waals surface area contributed by atoms with E-state index >= 15 is 0 Å². The average Bonchev–Trinajstić information content (AvgIpc) is 2.85. The Bertz CT molecular complexity index is 1550. The van der Waals surface area contributed by atoms with Crippen LogP contribution in [0.5, 0.6) is 5.75 Å². The Morgan fingerprint density at radius 2 is 1.66 bits per heavy atom. The molecule has 9 heteroatoms. The van der Waals surface area contributed by atoms with E-state index in [1.807, 2.05) is 30.3 Å². The van der Waals surface area contributed by atoms with E-state index in [0.717, 1.165) is 22.4 Å². The molecule has 5 nitrogen and oxygen atoms in total. The number of aliphatic hydroxyl groups is 1. The second kappa shape index (κ2) is 9.46. The minimum atomic E-state index is -2.16. The Kier molecular flexibility index (Phi) is 6.42. The molecule has 4 rings (SSSR count). The lowest BCUT2D eigenvalue weighted by Crippen LogP contribution is -2.12. The van der Waals surface area contributed by atoms with Crippen LogP contribution < -0.4 is 0 Å². The normalized spacial score (nSPS) is 12.4. The monoisotopic (exact) mass is 483 g/mol. The van der Waals surface area contributed by atoms with Crippen LogP contribution in [0.1, 0.15) is 12.5 Å². The molecule has 2 N–H and O–H groups in total. The predicted molar refractivity (Wildman–Crippen MR) is 124 cm³/mol. The van der Waals surface area contributed by atoms with E-state index in [1.165, 1.54) is 19.1 Å². The first-order chi connectivity index (χ1) is 16.7. The standard InChI is InChI=1S/C26H17F4NO4/c1-2-35-26(34)18(25(33)17-10-19(27)23(29)24(30)22(17)28)12-31-20-9-14-8-7-13-5-3-4-6-15(13)16(14)11-21(20)32/h3-12,32-33H,2H2,1H3/b25-18-,31-12?. The first-order valence-corrected chi connectivity index (χ1v) is 10.3. The number of phenolic OH excluding ortho intramolecular Hbond substituents is 1. The van der Waals surface area contributed by atoms with Gasteiger partial charge in [0.25, 0.3) is 0 Å². The summed E-state index contributed by atoms with van der Waals surface area (Å²) < 4.78 is 59.7. The van der Waals surface area contributed by atoms with E-state index in [-0.39, 0.29) is 24.1 Å². The number of esters is 1. The van der Waals surface area contributed by atoms with Gasteiger partial charge in [-0.3, -0.25) is 4.99 Å². The molecule has 0 atom stereocenters. The molecule has 0 heterocycles. The molecule has 35 heavy (non-hydrogen) atoms. The van der Waals surface area contributed by atoms with Crippen LogP contribution in [-0.2, 0) is 9.53 Å². The molecule has 0 aliphatic carbocycles. The lowest BCUT2D eigenvalue weighted by Gasteiger charge is -2.10. The van der Waals surface area contributed by atoms with Gasteiger partial charge in [0.2, 0.25) is 0 Å². The van der Waals surface area contributed by atoms with Gasteiger partial charge in [-0.25, -0.2) is 22.4 Å². The molecule has 178 valence electrons. The molecule has 4 aromatic carbocycles. The van der Waals surface area contributed by atoms with E-state index in [0.29, 0.717) is 5.39 Å². The first kappa shape index (κ1) is 23.7. The van der Waals surface area contributed by atoms with Crippen molar-refractivity contribution >= 4 is 45.2 Å². The summed E-state index contributed by atoms with van der Waals surface area (Å²) in [6.07, 6.45) is 0.758. The molecule has 4 aromatic rings. The molecule has 0 bridgehead atoms. The number of aliphatic imine (C=N–C) groups is 1. The highest BCUT2D eigenvalue weighted by molar-refractivity contribution is 6.16. The third kappa shape index (κ3) is 4.40. The Morgan fingerprint density at radius 3 is 2.40 bits per heavy atom. The number of rotatable bonds is 5. The maximum absolute atomic E-state index is 14.2. The third-order valence-corrected chi connectivity index (χ3v) is 5.28. The fourth-order valence-corrected chi connectivity index (χ4v) is 3.58. The van der Waals surface area contributed by atoms with Crippen molar-refractivity contribution in [2.24, 2.45) is 4.99 Å². The van der Waals surface area contributed by atoms with Gasteiger partial charge < -0.3 is 14.9 Å². The minimum absolute atomic E-state index is 0.0145. The highest BCUT2D eigenvalue weighted by Gasteiger charge is 2.25. The number of carbonyl (C=O) groups excluding carboxylic acids is 1. The van der Waals surface area contributed by atoms with Gasteiger partial charge >= 0.3 is 5.97 Å². The van der Waals surface area contributed by atoms with E-state index in [2.05, 4.69) is 4.99 Å². The zero-order valence-electron chi connectivity index (χ0n) is 18.2. The van der Waals surface area contributed by atoms with Gasteiger partial charge in [-0.05, 0) is 46.7 Å². The van der Waals surface area contributed by atoms with Crippen molar-refractivity contribution in [3.8, 4) is 5.75 Å². The fourth-order valence-electron chi connectivity index (χ4n) is 3.58. The van der Waals surface area contributed by atoms with Gasteiger partial charge in [-0.15, -0.1) is 0 Å². The van der Waals surface area contributed by atoms with Crippen LogP contribution in [-0.4, -0.2) is 29.0 Å². The van der Waals surface area contributed by atoms with Crippen molar-refractivity contribution < 1.29 is 37.3 Å². The molecule has 0 spiro atoms. The van der Waals surface area contributed by atoms with Crippen LogP contribution in [0.4, 0.5) is 23.2 Å². The maximum atomic E-state index is 14.2. The summed E-state index contributed by atoms with van der Waals surface area (Å²) in [6, 6.07) is 14.4. The number of aromatic hydroxyl groups is 1. The fraction of sp³-hybridized carbons (Fsp3) is 0.0769. The second-order valence-corrected chi connectivity index (χ2v) is 7.44. The summed E-state index contributed by atoms with van der Waals surface area (Å²) in [7, 11) is 0. The first-order valence-electron chi connectivity index (χ1n) is 10.3. The Balaban J connectivity index is 1.84. The van der Waals surface area contributed by atoms with E-state index < -0.39 is 46.1 Å². The summed E-state index contributed by atoms with van der Waals surface area (Å²) in [4.78, 5) is 16.4. The molecule has 0 saturated carbocycles. The third-order valence-electron chi connectivity index (χ3n) is 5.28. The topological polar surface area (TPSA) is 79.1 Å². The number of benzene rings is 4. The number of carbonyl (C=O) groups is 1. The summed E-state index contributed by atoms with van der Waals surface area (Å²) in [6.45, 7) is 1.31. The van der Waals surface area contributed by atoms with Crippen LogP contribution in [0.15, 0.2) is 65.2 Å². The predicted octanol–water partition coefficient (Wildman–Crippen LogP) is 6.49. The number of hydrogen-bond donors (Lipinski definition) is 2. The molecule has 0 saturated heterocycles. The highest BCUT2D eigenvalue weighted by atomic mass is 19.2. The zero-order valence-corrected chi connectivity index (χ0v) is 18.2. The van der Waals surface area contributed by atoms with Crippen molar-refractivity contribution in [1.82, 2.24) is 0 Å².